The molecule has 9 aromatic carbocycles. The van der Waals surface area contributed by atoms with E-state index in [0.717, 1.165) is 11.4 Å². The average molecular weight is 654 g/mol. The van der Waals surface area contributed by atoms with Gasteiger partial charge in [0.1, 0.15) is 0 Å². The van der Waals surface area contributed by atoms with Crippen LogP contribution in [0.3, 0.4) is 0 Å². The molecular formula is C48H31NS. The van der Waals surface area contributed by atoms with Crippen LogP contribution in [0.2, 0.25) is 0 Å². The zero-order valence-electron chi connectivity index (χ0n) is 27.3. The lowest BCUT2D eigenvalue weighted by Crippen LogP contribution is -2.12. The lowest BCUT2D eigenvalue weighted by atomic mass is 9.91. The van der Waals surface area contributed by atoms with Gasteiger partial charge in [0, 0.05) is 26.6 Å². The predicted octanol–water partition coefficient (Wildman–Crippen LogP) is 14.3. The fourth-order valence-corrected chi connectivity index (χ4v) is 8.95. The molecule has 0 aliphatic carbocycles. The molecule has 0 radical (unpaired) electrons. The average Bonchev–Trinajstić information content (AvgIpc) is 3.58. The van der Waals surface area contributed by atoms with Gasteiger partial charge in [0.15, 0.2) is 0 Å². The first-order valence-corrected chi connectivity index (χ1v) is 17.9. The molecule has 234 valence electrons. The Balaban J connectivity index is 1.30. The summed E-state index contributed by atoms with van der Waals surface area (Å²) in [6.45, 7) is 0. The maximum Gasteiger partial charge on any atom is 0.0640 e. The minimum absolute atomic E-state index is 1.14. The van der Waals surface area contributed by atoms with Crippen LogP contribution in [0.1, 0.15) is 0 Å². The van der Waals surface area contributed by atoms with Crippen LogP contribution < -0.4 is 4.90 Å². The Kier molecular flexibility index (Phi) is 6.75. The second kappa shape index (κ2) is 11.7. The van der Waals surface area contributed by atoms with Gasteiger partial charge in [-0.15, -0.1) is 11.3 Å². The van der Waals surface area contributed by atoms with Gasteiger partial charge in [-0.25, -0.2) is 0 Å². The van der Waals surface area contributed by atoms with E-state index in [9.17, 15) is 0 Å². The number of nitrogens with zero attached hydrogens (tertiary/aromatic N) is 1. The van der Waals surface area contributed by atoms with Crippen molar-refractivity contribution in [1.29, 1.82) is 0 Å². The van der Waals surface area contributed by atoms with Crippen LogP contribution in [0.15, 0.2) is 188 Å². The molecule has 0 unspecified atom stereocenters. The molecule has 0 aliphatic heterocycles. The van der Waals surface area contributed by atoms with Gasteiger partial charge in [-0.05, 0) is 79.8 Å². The molecule has 0 bridgehead atoms. The zero-order valence-corrected chi connectivity index (χ0v) is 28.1. The van der Waals surface area contributed by atoms with E-state index < -0.39 is 0 Å². The van der Waals surface area contributed by atoms with E-state index in [1.54, 1.807) is 0 Å². The maximum atomic E-state index is 2.52. The van der Waals surface area contributed by atoms with E-state index in [4.69, 9.17) is 0 Å². The van der Waals surface area contributed by atoms with E-state index >= 15 is 0 Å². The number of hydrogen-bond donors (Lipinski definition) is 0. The predicted molar refractivity (Wildman–Crippen MR) is 217 cm³/mol. The fourth-order valence-electron chi connectivity index (χ4n) is 7.74. The Bertz CT molecular complexity index is 2900. The quantitative estimate of drug-likeness (QED) is 0.167. The molecule has 2 heteroatoms. The number of anilines is 3. The van der Waals surface area contributed by atoms with Gasteiger partial charge < -0.3 is 4.90 Å². The number of thiophene rings is 1. The molecule has 0 amide bonds. The van der Waals surface area contributed by atoms with Gasteiger partial charge >= 0.3 is 0 Å². The summed E-state index contributed by atoms with van der Waals surface area (Å²) in [7, 11) is 0. The molecule has 10 rings (SSSR count). The Morgan fingerprint density at radius 1 is 0.320 bits per heavy atom. The minimum Gasteiger partial charge on any atom is -0.308 e. The Morgan fingerprint density at radius 3 is 1.74 bits per heavy atom. The van der Waals surface area contributed by atoms with Gasteiger partial charge in [0.25, 0.3) is 0 Å². The second-order valence-electron chi connectivity index (χ2n) is 12.9. The summed E-state index contributed by atoms with van der Waals surface area (Å²) in [5.74, 6) is 0. The molecule has 10 aromatic rings. The zero-order chi connectivity index (χ0) is 33.0. The highest BCUT2D eigenvalue weighted by atomic mass is 32.1. The smallest absolute Gasteiger partial charge is 0.0640 e. The lowest BCUT2D eigenvalue weighted by molar-refractivity contribution is 1.30. The summed E-state index contributed by atoms with van der Waals surface area (Å²) < 4.78 is 2.58. The van der Waals surface area contributed by atoms with Crippen molar-refractivity contribution in [3.63, 3.8) is 0 Å². The van der Waals surface area contributed by atoms with Gasteiger partial charge in [-0.1, -0.05) is 152 Å². The van der Waals surface area contributed by atoms with Crippen LogP contribution in [0.5, 0.6) is 0 Å². The molecule has 1 aromatic heterocycles. The molecule has 0 atom stereocenters. The monoisotopic (exact) mass is 653 g/mol. The van der Waals surface area contributed by atoms with Crippen molar-refractivity contribution < 1.29 is 0 Å². The highest BCUT2D eigenvalue weighted by Gasteiger charge is 2.24. The third-order valence-electron chi connectivity index (χ3n) is 10.0. The Hall–Kier alpha value is -6.22. The second-order valence-corrected chi connectivity index (χ2v) is 13.9. The van der Waals surface area contributed by atoms with E-state index in [1.807, 2.05) is 11.3 Å². The summed E-state index contributed by atoms with van der Waals surface area (Å²) >= 11 is 1.87. The number of hydrogen-bond acceptors (Lipinski definition) is 2. The normalized spacial score (nSPS) is 11.6. The largest absolute Gasteiger partial charge is 0.308 e. The SMILES string of the molecule is c1ccc(N(c2ccccc2-c2cc3ccccc3c3ccccc23)c2cccc3c2sc2ccccc23)c(-c2ccc3ccccc3c2)c1. The van der Waals surface area contributed by atoms with Crippen molar-refractivity contribution in [2.75, 3.05) is 4.90 Å². The standard InChI is InChI=1S/C48H31NS/c1-2-15-33-30-35(29-28-32(33)14-1)37-18-7-10-24-44(37)49(46-26-13-23-42-41-22-9-12-27-47(41)50-48(42)46)45-25-11-8-21-40(45)43-31-34-16-3-4-17-36(34)38-19-5-6-20-39(38)43/h1-31H. The first-order chi connectivity index (χ1) is 24.8. The van der Waals surface area contributed by atoms with Crippen molar-refractivity contribution in [2.45, 2.75) is 0 Å². The van der Waals surface area contributed by atoms with Gasteiger partial charge in [-0.2, -0.15) is 0 Å². The molecule has 0 N–H and O–H groups in total. The van der Waals surface area contributed by atoms with Crippen molar-refractivity contribution >= 4 is 80.9 Å². The van der Waals surface area contributed by atoms with Crippen molar-refractivity contribution in [3.8, 4) is 22.3 Å². The van der Waals surface area contributed by atoms with E-state index in [0.29, 0.717) is 0 Å². The van der Waals surface area contributed by atoms with E-state index in [2.05, 4.69) is 193 Å². The first kappa shape index (κ1) is 28.8. The van der Waals surface area contributed by atoms with Crippen LogP contribution in [-0.2, 0) is 0 Å². The number of fused-ring (bicyclic) bond motifs is 7. The lowest BCUT2D eigenvalue weighted by Gasteiger charge is -2.30. The van der Waals surface area contributed by atoms with E-state index in [1.165, 1.54) is 80.4 Å². The molecule has 1 heterocycles. The Labute approximate surface area is 294 Å². The molecule has 0 saturated heterocycles. The first-order valence-electron chi connectivity index (χ1n) is 17.1. The van der Waals surface area contributed by atoms with Crippen molar-refractivity contribution in [3.05, 3.63) is 188 Å². The highest BCUT2D eigenvalue weighted by molar-refractivity contribution is 7.26. The van der Waals surface area contributed by atoms with Crippen molar-refractivity contribution in [1.82, 2.24) is 0 Å². The molecule has 0 aliphatic rings. The minimum atomic E-state index is 1.14. The molecule has 0 saturated carbocycles. The Morgan fingerprint density at radius 2 is 0.900 bits per heavy atom. The van der Waals surface area contributed by atoms with Crippen LogP contribution in [-0.4, -0.2) is 0 Å². The number of rotatable bonds is 5. The molecule has 0 spiro atoms. The maximum absolute atomic E-state index is 2.52. The summed E-state index contributed by atoms with van der Waals surface area (Å²) in [5.41, 5.74) is 8.27. The summed E-state index contributed by atoms with van der Waals surface area (Å²) in [6, 6.07) is 68.8. The van der Waals surface area contributed by atoms with Crippen molar-refractivity contribution in [2.24, 2.45) is 0 Å². The van der Waals surface area contributed by atoms with Crippen LogP contribution in [0, 0.1) is 0 Å². The molecule has 0 fully saturated rings. The summed E-state index contributed by atoms with van der Waals surface area (Å²) in [5, 5.41) is 10.1. The summed E-state index contributed by atoms with van der Waals surface area (Å²) in [4.78, 5) is 2.52. The van der Waals surface area contributed by atoms with Crippen LogP contribution >= 0.6 is 11.3 Å². The number of para-hydroxylation sites is 2. The molecular weight excluding hydrogens is 623 g/mol. The van der Waals surface area contributed by atoms with E-state index in [-0.39, 0.29) is 0 Å². The van der Waals surface area contributed by atoms with Gasteiger partial charge in [0.05, 0.1) is 21.8 Å². The van der Waals surface area contributed by atoms with Crippen LogP contribution in [0.4, 0.5) is 17.1 Å². The molecule has 50 heavy (non-hydrogen) atoms. The van der Waals surface area contributed by atoms with Crippen LogP contribution in [0.25, 0.3) is 74.7 Å². The topological polar surface area (TPSA) is 3.24 Å². The fraction of sp³-hybridized carbons (Fsp3) is 0. The van der Waals surface area contributed by atoms with Gasteiger partial charge in [0.2, 0.25) is 0 Å². The number of benzene rings is 9. The third kappa shape index (κ3) is 4.61. The third-order valence-corrected chi connectivity index (χ3v) is 11.2. The van der Waals surface area contributed by atoms with Gasteiger partial charge in [-0.3, -0.25) is 0 Å². The highest BCUT2D eigenvalue weighted by Crippen LogP contribution is 2.50. The summed E-state index contributed by atoms with van der Waals surface area (Å²) in [6.07, 6.45) is 0. The molecule has 1 nitrogen and oxygen atoms in total.